The molecule has 0 atom stereocenters. The fourth-order valence-electron chi connectivity index (χ4n) is 1.75. The van der Waals surface area contributed by atoms with Gasteiger partial charge in [0.15, 0.2) is 0 Å². The number of primary amides is 1. The minimum atomic E-state index is -0.808. The lowest BCUT2D eigenvalue weighted by Gasteiger charge is -2.24. The Morgan fingerprint density at radius 1 is 1.29 bits per heavy atom. The average Bonchev–Trinajstić information content (AvgIpc) is 2.70. The van der Waals surface area contributed by atoms with Crippen molar-refractivity contribution in [2.24, 2.45) is 5.73 Å². The lowest BCUT2D eigenvalue weighted by atomic mass is 10.2. The number of hydrogen-bond donors (Lipinski definition) is 2. The fraction of sp³-hybridized carbons (Fsp3) is 0.615. The summed E-state index contributed by atoms with van der Waals surface area (Å²) in [4.78, 5) is 36.1. The highest BCUT2D eigenvalue weighted by Gasteiger charge is 2.33. The maximum atomic E-state index is 12.0. The van der Waals surface area contributed by atoms with E-state index >= 15 is 0 Å². The van der Waals surface area contributed by atoms with E-state index in [9.17, 15) is 14.4 Å². The molecule has 0 aromatic carbocycles. The first-order valence-electron chi connectivity index (χ1n) is 6.57. The molecule has 0 unspecified atom stereocenters. The Bertz CT molecular complexity index is 479. The molecule has 1 aliphatic heterocycles. The summed E-state index contributed by atoms with van der Waals surface area (Å²) in [5.74, 6) is -0.590. The number of carbonyl (C=O) groups excluding carboxylic acids is 3. The summed E-state index contributed by atoms with van der Waals surface area (Å²) in [5.41, 5.74) is 4.86. The number of amides is 3. The fourth-order valence-corrected chi connectivity index (χ4v) is 1.75. The third kappa shape index (κ3) is 4.97. The lowest BCUT2D eigenvalue weighted by molar-refractivity contribution is -0.138. The van der Waals surface area contributed by atoms with Crippen molar-refractivity contribution in [3.8, 4) is 0 Å². The predicted molar refractivity (Wildman–Crippen MR) is 74.2 cm³/mol. The number of carbonyl (C=O) groups is 3. The first-order valence-corrected chi connectivity index (χ1v) is 6.57. The Hall–Kier alpha value is -2.25. The summed E-state index contributed by atoms with van der Waals surface area (Å²) in [7, 11) is 0. The number of esters is 1. The van der Waals surface area contributed by atoms with Crippen LogP contribution >= 0.6 is 0 Å². The van der Waals surface area contributed by atoms with E-state index in [1.807, 2.05) is 0 Å². The summed E-state index contributed by atoms with van der Waals surface area (Å²) >= 11 is 0. The first kappa shape index (κ1) is 16.8. The number of nitrogens with one attached hydrogen (secondary N) is 1. The highest BCUT2D eigenvalue weighted by atomic mass is 16.6. The molecule has 1 aliphatic rings. The molecule has 1 heterocycles. The molecular formula is C13H21N3O5. The standard InChI is InChI=1S/C13H21N3O5/c1-5-20-10(17)8-6-16(7-9(8)15-11(14)18)12(19)21-13(2,3)4/h5-7H2,1-4H3,(H3,14,15,18). The van der Waals surface area contributed by atoms with Crippen molar-refractivity contribution in [1.82, 2.24) is 10.2 Å². The van der Waals surface area contributed by atoms with Crippen LogP contribution in [-0.4, -0.2) is 48.3 Å². The molecule has 8 nitrogen and oxygen atoms in total. The van der Waals surface area contributed by atoms with Crippen molar-refractivity contribution in [2.45, 2.75) is 33.3 Å². The Morgan fingerprint density at radius 3 is 2.38 bits per heavy atom. The zero-order valence-corrected chi connectivity index (χ0v) is 12.7. The van der Waals surface area contributed by atoms with Crippen LogP contribution in [-0.2, 0) is 14.3 Å². The van der Waals surface area contributed by atoms with Crippen LogP contribution in [0.3, 0.4) is 0 Å². The van der Waals surface area contributed by atoms with E-state index in [2.05, 4.69) is 5.32 Å². The molecule has 3 amide bonds. The van der Waals surface area contributed by atoms with Gasteiger partial charge in [-0.1, -0.05) is 0 Å². The number of hydrogen-bond acceptors (Lipinski definition) is 5. The number of urea groups is 1. The maximum absolute atomic E-state index is 12.0. The average molecular weight is 299 g/mol. The van der Waals surface area contributed by atoms with Gasteiger partial charge in [-0.25, -0.2) is 14.4 Å². The molecule has 0 aromatic heterocycles. The van der Waals surface area contributed by atoms with Crippen LogP contribution in [0.25, 0.3) is 0 Å². The van der Waals surface area contributed by atoms with Gasteiger partial charge in [-0.05, 0) is 27.7 Å². The van der Waals surface area contributed by atoms with Gasteiger partial charge in [-0.2, -0.15) is 0 Å². The number of ether oxygens (including phenoxy) is 2. The van der Waals surface area contributed by atoms with Crippen LogP contribution in [0.5, 0.6) is 0 Å². The zero-order chi connectivity index (χ0) is 16.2. The minimum absolute atomic E-state index is 0.00333. The lowest BCUT2D eigenvalue weighted by Crippen LogP contribution is -2.37. The summed E-state index contributed by atoms with van der Waals surface area (Å²) in [6.07, 6.45) is -0.578. The Balaban J connectivity index is 2.84. The topological polar surface area (TPSA) is 111 Å². The van der Waals surface area contributed by atoms with Crippen LogP contribution in [0.15, 0.2) is 11.3 Å². The molecule has 0 aromatic rings. The van der Waals surface area contributed by atoms with Crippen LogP contribution in [0.2, 0.25) is 0 Å². The van der Waals surface area contributed by atoms with E-state index in [1.165, 1.54) is 4.90 Å². The molecule has 0 bridgehead atoms. The normalized spacial score (nSPS) is 15.0. The summed E-state index contributed by atoms with van der Waals surface area (Å²) in [6.45, 7) is 7.11. The second-order valence-corrected chi connectivity index (χ2v) is 5.50. The van der Waals surface area contributed by atoms with E-state index in [0.717, 1.165) is 0 Å². The van der Waals surface area contributed by atoms with Crippen LogP contribution in [0.4, 0.5) is 9.59 Å². The molecule has 8 heteroatoms. The highest BCUT2D eigenvalue weighted by Crippen LogP contribution is 2.20. The zero-order valence-electron chi connectivity index (χ0n) is 12.7. The molecule has 3 N–H and O–H groups in total. The van der Waals surface area contributed by atoms with Gasteiger partial charge < -0.3 is 20.5 Å². The quantitative estimate of drug-likeness (QED) is 0.746. The van der Waals surface area contributed by atoms with Crippen molar-refractivity contribution in [1.29, 1.82) is 0 Å². The molecule has 0 aliphatic carbocycles. The summed E-state index contributed by atoms with van der Waals surface area (Å²) in [5, 5.41) is 2.35. The molecule has 0 saturated heterocycles. The maximum Gasteiger partial charge on any atom is 0.410 e. The molecule has 118 valence electrons. The number of rotatable bonds is 3. The van der Waals surface area contributed by atoms with Gasteiger partial charge in [-0.15, -0.1) is 0 Å². The molecule has 21 heavy (non-hydrogen) atoms. The van der Waals surface area contributed by atoms with Crippen molar-refractivity contribution in [2.75, 3.05) is 19.7 Å². The van der Waals surface area contributed by atoms with Crippen molar-refractivity contribution in [3.05, 3.63) is 11.3 Å². The number of nitrogens with two attached hydrogens (primary N) is 1. The van der Waals surface area contributed by atoms with Gasteiger partial charge in [0.1, 0.15) is 5.60 Å². The second-order valence-electron chi connectivity index (χ2n) is 5.50. The molecule has 0 radical (unpaired) electrons. The van der Waals surface area contributed by atoms with Crippen molar-refractivity contribution >= 4 is 18.1 Å². The molecule has 1 rings (SSSR count). The SMILES string of the molecule is CCOC(=O)C1=C(NC(N)=O)CN(C(=O)OC(C)(C)C)C1. The predicted octanol–water partition coefficient (Wildman–Crippen LogP) is 0.723. The van der Waals surface area contributed by atoms with Gasteiger partial charge in [0, 0.05) is 0 Å². The van der Waals surface area contributed by atoms with Gasteiger partial charge in [-0.3, -0.25) is 4.90 Å². The van der Waals surface area contributed by atoms with Crippen LogP contribution in [0, 0.1) is 0 Å². The molecule has 0 fully saturated rings. The molecular weight excluding hydrogens is 278 g/mol. The molecule has 0 saturated carbocycles. The Kier molecular flexibility index (Phi) is 5.17. The summed E-state index contributed by atoms with van der Waals surface area (Å²) in [6, 6.07) is -0.808. The van der Waals surface area contributed by atoms with Crippen molar-refractivity contribution < 1.29 is 23.9 Å². The highest BCUT2D eigenvalue weighted by molar-refractivity contribution is 5.93. The Labute approximate surface area is 123 Å². The van der Waals surface area contributed by atoms with Crippen LogP contribution in [0.1, 0.15) is 27.7 Å². The first-order chi connectivity index (χ1) is 9.64. The number of nitrogens with zero attached hydrogens (tertiary/aromatic N) is 1. The van der Waals surface area contributed by atoms with Crippen molar-refractivity contribution in [3.63, 3.8) is 0 Å². The molecule has 0 spiro atoms. The monoisotopic (exact) mass is 299 g/mol. The second kappa shape index (κ2) is 6.47. The van der Waals surface area contributed by atoms with Gasteiger partial charge in [0.05, 0.1) is 31.0 Å². The smallest absolute Gasteiger partial charge is 0.410 e. The van der Waals surface area contributed by atoms with Gasteiger partial charge >= 0.3 is 18.1 Å². The Morgan fingerprint density at radius 2 is 1.90 bits per heavy atom. The third-order valence-corrected chi connectivity index (χ3v) is 2.51. The van der Waals surface area contributed by atoms with E-state index in [4.69, 9.17) is 15.2 Å². The largest absolute Gasteiger partial charge is 0.463 e. The minimum Gasteiger partial charge on any atom is -0.463 e. The van der Waals surface area contributed by atoms with Gasteiger partial charge in [0.2, 0.25) is 0 Å². The van der Waals surface area contributed by atoms with E-state index in [1.54, 1.807) is 27.7 Å². The van der Waals surface area contributed by atoms with E-state index in [0.29, 0.717) is 0 Å². The summed E-state index contributed by atoms with van der Waals surface area (Å²) < 4.78 is 10.1. The van der Waals surface area contributed by atoms with Crippen LogP contribution < -0.4 is 11.1 Å². The third-order valence-electron chi connectivity index (χ3n) is 2.51. The van der Waals surface area contributed by atoms with E-state index in [-0.39, 0.29) is 31.0 Å². The van der Waals surface area contributed by atoms with E-state index < -0.39 is 23.7 Å². The van der Waals surface area contributed by atoms with Gasteiger partial charge in [0.25, 0.3) is 0 Å².